The predicted molar refractivity (Wildman–Crippen MR) is 73.1 cm³/mol. The third-order valence-corrected chi connectivity index (χ3v) is 5.34. The van der Waals surface area contributed by atoms with E-state index >= 15 is 0 Å². The molecule has 1 saturated heterocycles. The summed E-state index contributed by atoms with van der Waals surface area (Å²) in [7, 11) is 1.95. The molecule has 1 amide bonds. The summed E-state index contributed by atoms with van der Waals surface area (Å²) in [6.07, 6.45) is 7.38. The zero-order valence-electron chi connectivity index (χ0n) is 10.8. The molecule has 17 heavy (non-hydrogen) atoms. The molecule has 0 aromatic heterocycles. The van der Waals surface area contributed by atoms with Gasteiger partial charge in [-0.15, -0.1) is 0 Å². The summed E-state index contributed by atoms with van der Waals surface area (Å²) in [5.41, 5.74) is 6.13. The molecular formula is C13H24N2OS. The number of nitrogens with two attached hydrogens (primary N) is 1. The Morgan fingerprint density at radius 3 is 2.71 bits per heavy atom. The van der Waals surface area contributed by atoms with E-state index in [0.717, 1.165) is 25.0 Å². The Morgan fingerprint density at radius 1 is 1.41 bits per heavy atom. The average Bonchev–Trinajstić information content (AvgIpc) is 2.81. The van der Waals surface area contributed by atoms with Gasteiger partial charge in [-0.05, 0) is 25.0 Å². The van der Waals surface area contributed by atoms with Gasteiger partial charge in [0.1, 0.15) is 0 Å². The van der Waals surface area contributed by atoms with E-state index in [4.69, 9.17) is 5.73 Å². The summed E-state index contributed by atoms with van der Waals surface area (Å²) < 4.78 is 0. The molecule has 0 bridgehead atoms. The highest BCUT2D eigenvalue weighted by Crippen LogP contribution is 2.30. The van der Waals surface area contributed by atoms with Crippen molar-refractivity contribution in [2.45, 2.75) is 56.5 Å². The second kappa shape index (κ2) is 5.61. The fourth-order valence-electron chi connectivity index (χ4n) is 2.89. The molecule has 1 unspecified atom stereocenters. The number of thioether (sulfide) groups is 1. The zero-order chi connectivity index (χ0) is 12.3. The van der Waals surface area contributed by atoms with Crippen molar-refractivity contribution < 1.29 is 4.79 Å². The Bertz CT molecular complexity index is 271. The third-order valence-electron chi connectivity index (χ3n) is 4.20. The first kappa shape index (κ1) is 13.2. The van der Waals surface area contributed by atoms with Gasteiger partial charge < -0.3 is 10.6 Å². The summed E-state index contributed by atoms with van der Waals surface area (Å²) in [5.74, 6) is 2.54. The Balaban J connectivity index is 1.86. The summed E-state index contributed by atoms with van der Waals surface area (Å²) in [4.78, 5) is 14.2. The van der Waals surface area contributed by atoms with Gasteiger partial charge in [0.05, 0.1) is 0 Å². The van der Waals surface area contributed by atoms with Gasteiger partial charge >= 0.3 is 0 Å². The van der Waals surface area contributed by atoms with E-state index < -0.39 is 0 Å². The number of hydrogen-bond donors (Lipinski definition) is 1. The molecule has 0 radical (unpaired) electrons. The highest BCUT2D eigenvalue weighted by Gasteiger charge is 2.33. The molecule has 98 valence electrons. The second-order valence-corrected chi connectivity index (χ2v) is 6.77. The lowest BCUT2D eigenvalue weighted by Gasteiger charge is -2.35. The van der Waals surface area contributed by atoms with Crippen LogP contribution in [-0.4, -0.2) is 40.9 Å². The average molecular weight is 256 g/mol. The van der Waals surface area contributed by atoms with Crippen LogP contribution in [0.15, 0.2) is 0 Å². The van der Waals surface area contributed by atoms with Crippen LogP contribution in [0.3, 0.4) is 0 Å². The SMILES string of the molecule is CN(C(=O)CC1(N)CCCCC1)C1CCSC1. The van der Waals surface area contributed by atoms with Crippen molar-refractivity contribution in [3.63, 3.8) is 0 Å². The number of nitrogens with zero attached hydrogens (tertiary/aromatic N) is 1. The van der Waals surface area contributed by atoms with Crippen molar-refractivity contribution in [2.75, 3.05) is 18.6 Å². The van der Waals surface area contributed by atoms with Crippen molar-refractivity contribution in [3.05, 3.63) is 0 Å². The maximum absolute atomic E-state index is 12.2. The van der Waals surface area contributed by atoms with Crippen molar-refractivity contribution in [1.29, 1.82) is 0 Å². The lowest BCUT2D eigenvalue weighted by atomic mass is 9.80. The molecule has 3 nitrogen and oxygen atoms in total. The Labute approximate surface area is 108 Å². The number of rotatable bonds is 3. The number of carbonyl (C=O) groups excluding carboxylic acids is 1. The quantitative estimate of drug-likeness (QED) is 0.840. The first-order chi connectivity index (χ1) is 8.11. The molecule has 0 aromatic carbocycles. The number of carbonyl (C=O) groups is 1. The molecule has 2 rings (SSSR count). The minimum Gasteiger partial charge on any atom is -0.342 e. The summed E-state index contributed by atoms with van der Waals surface area (Å²) in [6, 6.07) is 0.444. The van der Waals surface area contributed by atoms with E-state index in [1.165, 1.54) is 25.0 Å². The van der Waals surface area contributed by atoms with Crippen LogP contribution in [-0.2, 0) is 4.79 Å². The maximum atomic E-state index is 12.2. The normalized spacial score (nSPS) is 28.0. The first-order valence-electron chi connectivity index (χ1n) is 6.73. The zero-order valence-corrected chi connectivity index (χ0v) is 11.6. The molecule has 1 heterocycles. The van der Waals surface area contributed by atoms with Gasteiger partial charge in [-0.2, -0.15) is 11.8 Å². The molecule has 2 N–H and O–H groups in total. The standard InChI is InChI=1S/C13H24N2OS/c1-15(11-5-8-17-10-11)12(16)9-13(14)6-3-2-4-7-13/h11H,2-10,14H2,1H3. The lowest BCUT2D eigenvalue weighted by Crippen LogP contribution is -2.48. The van der Waals surface area contributed by atoms with Crippen LogP contribution in [0.4, 0.5) is 0 Å². The van der Waals surface area contributed by atoms with Crippen LogP contribution in [0, 0.1) is 0 Å². The topological polar surface area (TPSA) is 46.3 Å². The van der Waals surface area contributed by atoms with Gasteiger partial charge in [0.15, 0.2) is 0 Å². The van der Waals surface area contributed by atoms with E-state index in [0.29, 0.717) is 12.5 Å². The van der Waals surface area contributed by atoms with E-state index in [1.54, 1.807) is 0 Å². The predicted octanol–water partition coefficient (Wildman–Crippen LogP) is 2.00. The minimum atomic E-state index is -0.213. The third kappa shape index (κ3) is 3.38. The van der Waals surface area contributed by atoms with Crippen LogP contribution < -0.4 is 5.73 Å². The number of hydrogen-bond acceptors (Lipinski definition) is 3. The largest absolute Gasteiger partial charge is 0.342 e. The Kier molecular flexibility index (Phi) is 4.36. The monoisotopic (exact) mass is 256 g/mol. The first-order valence-corrected chi connectivity index (χ1v) is 7.88. The molecule has 1 atom stereocenters. The lowest BCUT2D eigenvalue weighted by molar-refractivity contribution is -0.133. The molecule has 0 spiro atoms. The molecular weight excluding hydrogens is 232 g/mol. The van der Waals surface area contributed by atoms with Crippen molar-refractivity contribution in [1.82, 2.24) is 4.90 Å². The molecule has 1 aliphatic carbocycles. The molecule has 4 heteroatoms. The second-order valence-electron chi connectivity index (χ2n) is 5.62. The van der Waals surface area contributed by atoms with Crippen LogP contribution in [0.1, 0.15) is 44.9 Å². The molecule has 1 aliphatic heterocycles. The van der Waals surface area contributed by atoms with Crippen LogP contribution in [0.2, 0.25) is 0 Å². The van der Waals surface area contributed by atoms with Gasteiger partial charge in [0, 0.05) is 30.8 Å². The number of amides is 1. The molecule has 1 saturated carbocycles. The van der Waals surface area contributed by atoms with Crippen molar-refractivity contribution in [3.8, 4) is 0 Å². The van der Waals surface area contributed by atoms with Gasteiger partial charge in [0.2, 0.25) is 5.91 Å². The Hall–Kier alpha value is -0.220. The minimum absolute atomic E-state index is 0.213. The van der Waals surface area contributed by atoms with Gasteiger partial charge in [0.25, 0.3) is 0 Å². The van der Waals surface area contributed by atoms with Gasteiger partial charge in [-0.25, -0.2) is 0 Å². The van der Waals surface area contributed by atoms with Gasteiger partial charge in [-0.1, -0.05) is 19.3 Å². The fraction of sp³-hybridized carbons (Fsp3) is 0.923. The van der Waals surface area contributed by atoms with E-state index in [2.05, 4.69) is 0 Å². The van der Waals surface area contributed by atoms with Crippen LogP contribution in [0.25, 0.3) is 0 Å². The summed E-state index contributed by atoms with van der Waals surface area (Å²) >= 11 is 1.95. The molecule has 0 aromatic rings. The smallest absolute Gasteiger partial charge is 0.224 e. The Morgan fingerprint density at radius 2 is 2.12 bits per heavy atom. The summed E-state index contributed by atoms with van der Waals surface area (Å²) in [5, 5.41) is 0. The van der Waals surface area contributed by atoms with E-state index in [9.17, 15) is 4.79 Å². The van der Waals surface area contributed by atoms with E-state index in [1.807, 2.05) is 23.7 Å². The van der Waals surface area contributed by atoms with Gasteiger partial charge in [-0.3, -0.25) is 4.79 Å². The van der Waals surface area contributed by atoms with E-state index in [-0.39, 0.29) is 11.4 Å². The highest BCUT2D eigenvalue weighted by atomic mass is 32.2. The maximum Gasteiger partial charge on any atom is 0.224 e. The van der Waals surface area contributed by atoms with Crippen LogP contribution >= 0.6 is 11.8 Å². The fourth-order valence-corrected chi connectivity index (χ4v) is 4.16. The summed E-state index contributed by atoms with van der Waals surface area (Å²) in [6.45, 7) is 0. The highest BCUT2D eigenvalue weighted by molar-refractivity contribution is 7.99. The molecule has 2 fully saturated rings. The molecule has 2 aliphatic rings. The van der Waals surface area contributed by atoms with Crippen molar-refractivity contribution in [2.24, 2.45) is 5.73 Å². The van der Waals surface area contributed by atoms with Crippen molar-refractivity contribution >= 4 is 17.7 Å². The van der Waals surface area contributed by atoms with Crippen LogP contribution in [0.5, 0.6) is 0 Å².